The molecule has 3 aromatic carbocycles. The van der Waals surface area contributed by atoms with Crippen LogP contribution in [0, 0.1) is 6.92 Å². The number of aryl methyl sites for hydroxylation is 1. The van der Waals surface area contributed by atoms with Gasteiger partial charge in [-0.05, 0) is 67.9 Å². The third-order valence-corrected chi connectivity index (χ3v) is 4.94. The summed E-state index contributed by atoms with van der Waals surface area (Å²) in [6.07, 6.45) is 0. The fourth-order valence-electron chi connectivity index (χ4n) is 3.34. The second-order valence-electron chi connectivity index (χ2n) is 7.13. The Kier molecular flexibility index (Phi) is 5.06. The lowest BCUT2D eigenvalue weighted by Gasteiger charge is -2.21. The molecule has 150 valence electrons. The third kappa shape index (κ3) is 3.67. The molecule has 0 radical (unpaired) electrons. The fourth-order valence-corrected chi connectivity index (χ4v) is 3.34. The van der Waals surface area contributed by atoms with Crippen LogP contribution in [0.2, 0.25) is 0 Å². The van der Waals surface area contributed by atoms with Gasteiger partial charge in [0.05, 0.1) is 11.1 Å². The van der Waals surface area contributed by atoms with E-state index in [0.29, 0.717) is 22.6 Å². The highest BCUT2D eigenvalue weighted by Gasteiger charge is 2.40. The Morgan fingerprint density at radius 1 is 0.867 bits per heavy atom. The summed E-state index contributed by atoms with van der Waals surface area (Å²) in [7, 11) is 0. The first kappa shape index (κ1) is 19.4. The first-order valence-electron chi connectivity index (χ1n) is 9.56. The zero-order valence-electron chi connectivity index (χ0n) is 16.6. The van der Waals surface area contributed by atoms with Gasteiger partial charge in [-0.15, -0.1) is 0 Å². The number of carbonyl (C=O) groups is 3. The fraction of sp³-hybridized carbons (Fsp3) is 0.125. The highest BCUT2D eigenvalue weighted by atomic mass is 16.5. The number of hydrogen-bond donors (Lipinski definition) is 1. The van der Waals surface area contributed by atoms with Crippen molar-refractivity contribution in [3.8, 4) is 11.5 Å². The molecule has 0 unspecified atom stereocenters. The minimum absolute atomic E-state index is 0.319. The number of benzene rings is 3. The van der Waals surface area contributed by atoms with E-state index < -0.39 is 23.8 Å². The summed E-state index contributed by atoms with van der Waals surface area (Å²) in [5.41, 5.74) is 2.28. The zero-order valence-corrected chi connectivity index (χ0v) is 16.6. The normalized spacial score (nSPS) is 13.7. The molecule has 0 spiro atoms. The van der Waals surface area contributed by atoms with Crippen molar-refractivity contribution >= 4 is 23.4 Å². The average Bonchev–Trinajstić information content (AvgIpc) is 2.99. The van der Waals surface area contributed by atoms with E-state index in [0.717, 1.165) is 16.2 Å². The molecule has 1 aliphatic heterocycles. The van der Waals surface area contributed by atoms with E-state index in [1.165, 1.54) is 6.92 Å². The van der Waals surface area contributed by atoms with Crippen LogP contribution < -0.4 is 10.1 Å². The molecule has 6 nitrogen and oxygen atoms in total. The number of anilines is 1. The maximum atomic E-state index is 12.7. The van der Waals surface area contributed by atoms with E-state index in [-0.39, 0.29) is 0 Å². The number of fused-ring (bicyclic) bond motifs is 1. The molecule has 3 aromatic rings. The molecule has 0 saturated heterocycles. The molecule has 3 amide bonds. The number of nitrogens with zero attached hydrogens (tertiary/aromatic N) is 1. The van der Waals surface area contributed by atoms with Crippen molar-refractivity contribution < 1.29 is 19.1 Å². The van der Waals surface area contributed by atoms with Gasteiger partial charge in [0.1, 0.15) is 17.5 Å². The van der Waals surface area contributed by atoms with Gasteiger partial charge in [-0.2, -0.15) is 0 Å². The van der Waals surface area contributed by atoms with Crippen LogP contribution in [0.25, 0.3) is 0 Å². The number of nitrogens with one attached hydrogen (secondary N) is 1. The van der Waals surface area contributed by atoms with Crippen molar-refractivity contribution in [2.45, 2.75) is 19.9 Å². The van der Waals surface area contributed by atoms with E-state index in [9.17, 15) is 14.4 Å². The molecule has 6 heteroatoms. The van der Waals surface area contributed by atoms with Crippen LogP contribution in [0.15, 0.2) is 72.8 Å². The molecule has 0 saturated carbocycles. The zero-order chi connectivity index (χ0) is 21.3. The molecule has 0 aliphatic carbocycles. The van der Waals surface area contributed by atoms with Gasteiger partial charge in [0, 0.05) is 5.69 Å². The molecular formula is C24H20N2O4. The first-order valence-corrected chi connectivity index (χ1v) is 9.56. The van der Waals surface area contributed by atoms with Gasteiger partial charge in [-0.3, -0.25) is 19.3 Å². The van der Waals surface area contributed by atoms with Crippen molar-refractivity contribution in [3.05, 3.63) is 89.5 Å². The van der Waals surface area contributed by atoms with Crippen LogP contribution in [-0.4, -0.2) is 28.7 Å². The van der Waals surface area contributed by atoms with Crippen LogP contribution in [-0.2, 0) is 4.79 Å². The molecule has 1 N–H and O–H groups in total. The second-order valence-corrected chi connectivity index (χ2v) is 7.13. The molecule has 1 heterocycles. The molecule has 0 fully saturated rings. The minimum atomic E-state index is -0.944. The van der Waals surface area contributed by atoms with E-state index in [2.05, 4.69) is 5.32 Å². The molecule has 0 aromatic heterocycles. The highest BCUT2D eigenvalue weighted by Crippen LogP contribution is 2.26. The van der Waals surface area contributed by atoms with E-state index in [1.54, 1.807) is 48.5 Å². The summed E-state index contributed by atoms with van der Waals surface area (Å²) in [6.45, 7) is 3.52. The summed E-state index contributed by atoms with van der Waals surface area (Å²) < 4.78 is 5.80. The molecule has 1 aliphatic rings. The van der Waals surface area contributed by atoms with Crippen LogP contribution in [0.4, 0.5) is 5.69 Å². The Labute approximate surface area is 174 Å². The van der Waals surface area contributed by atoms with Crippen molar-refractivity contribution in [3.63, 3.8) is 0 Å². The summed E-state index contributed by atoms with van der Waals surface area (Å²) in [4.78, 5) is 38.8. The van der Waals surface area contributed by atoms with E-state index in [1.807, 2.05) is 31.2 Å². The van der Waals surface area contributed by atoms with Crippen molar-refractivity contribution in [1.82, 2.24) is 4.90 Å². The SMILES string of the molecule is Cc1cccc(Oc2ccc(NC(=O)[C@H](C)N3C(=O)c4ccccc4C3=O)cc2)c1. The molecule has 0 bridgehead atoms. The maximum Gasteiger partial charge on any atom is 0.262 e. The lowest BCUT2D eigenvalue weighted by Crippen LogP contribution is -2.45. The van der Waals surface area contributed by atoms with Crippen molar-refractivity contribution in [1.29, 1.82) is 0 Å². The third-order valence-electron chi connectivity index (χ3n) is 4.94. The smallest absolute Gasteiger partial charge is 0.262 e. The van der Waals surface area contributed by atoms with Gasteiger partial charge in [-0.1, -0.05) is 24.3 Å². The second kappa shape index (κ2) is 7.83. The topological polar surface area (TPSA) is 75.7 Å². The molecular weight excluding hydrogens is 380 g/mol. The van der Waals surface area contributed by atoms with Crippen LogP contribution in [0.1, 0.15) is 33.2 Å². The van der Waals surface area contributed by atoms with Gasteiger partial charge < -0.3 is 10.1 Å². The van der Waals surface area contributed by atoms with Gasteiger partial charge in [0.15, 0.2) is 0 Å². The van der Waals surface area contributed by atoms with Gasteiger partial charge in [-0.25, -0.2) is 0 Å². The van der Waals surface area contributed by atoms with Crippen LogP contribution in [0.3, 0.4) is 0 Å². The molecule has 4 rings (SSSR count). The first-order chi connectivity index (χ1) is 14.4. The summed E-state index contributed by atoms with van der Waals surface area (Å²) >= 11 is 0. The number of imide groups is 1. The van der Waals surface area contributed by atoms with Crippen LogP contribution in [0.5, 0.6) is 11.5 Å². The van der Waals surface area contributed by atoms with Gasteiger partial charge >= 0.3 is 0 Å². The predicted octanol–water partition coefficient (Wildman–Crippen LogP) is 4.41. The Morgan fingerprint density at radius 3 is 2.10 bits per heavy atom. The Hall–Kier alpha value is -3.93. The average molecular weight is 400 g/mol. The standard InChI is InChI=1S/C24H20N2O4/c1-15-6-5-7-19(14-15)30-18-12-10-17(11-13-18)25-22(27)16(2)26-23(28)20-8-3-4-9-21(20)24(26)29/h3-14,16H,1-2H3,(H,25,27)/t16-/m0/s1. The number of amides is 3. The van der Waals surface area contributed by atoms with Gasteiger partial charge in [0.25, 0.3) is 11.8 Å². The number of carbonyl (C=O) groups excluding carboxylic acids is 3. The summed E-state index contributed by atoms with van der Waals surface area (Å²) in [5.74, 6) is -0.00445. The quantitative estimate of drug-likeness (QED) is 0.644. The van der Waals surface area contributed by atoms with Gasteiger partial charge in [0.2, 0.25) is 5.91 Å². The number of hydrogen-bond acceptors (Lipinski definition) is 4. The Balaban J connectivity index is 1.43. The Morgan fingerprint density at radius 2 is 1.50 bits per heavy atom. The summed E-state index contributed by atoms with van der Waals surface area (Å²) in [5, 5.41) is 2.75. The molecule has 30 heavy (non-hydrogen) atoms. The highest BCUT2D eigenvalue weighted by molar-refractivity contribution is 6.23. The summed E-state index contributed by atoms with van der Waals surface area (Å²) in [6, 6.07) is 20.2. The number of rotatable bonds is 5. The lowest BCUT2D eigenvalue weighted by atomic mass is 10.1. The Bertz CT molecular complexity index is 1100. The maximum absolute atomic E-state index is 12.7. The van der Waals surface area contributed by atoms with Crippen molar-refractivity contribution in [2.24, 2.45) is 0 Å². The number of ether oxygens (including phenoxy) is 1. The van der Waals surface area contributed by atoms with Crippen LogP contribution >= 0.6 is 0 Å². The lowest BCUT2D eigenvalue weighted by molar-refractivity contribution is -0.119. The monoisotopic (exact) mass is 400 g/mol. The minimum Gasteiger partial charge on any atom is -0.457 e. The van der Waals surface area contributed by atoms with E-state index in [4.69, 9.17) is 4.74 Å². The predicted molar refractivity (Wildman–Crippen MR) is 113 cm³/mol. The molecule has 1 atom stereocenters. The van der Waals surface area contributed by atoms with E-state index >= 15 is 0 Å². The largest absolute Gasteiger partial charge is 0.457 e. The van der Waals surface area contributed by atoms with Crippen molar-refractivity contribution in [2.75, 3.05) is 5.32 Å².